The minimum atomic E-state index is 0.687. The molecule has 3 heterocycles. The van der Waals surface area contributed by atoms with E-state index in [9.17, 15) is 0 Å². The zero-order valence-electron chi connectivity index (χ0n) is 12.3. The van der Waals surface area contributed by atoms with Crippen molar-refractivity contribution in [2.75, 3.05) is 5.32 Å². The number of rotatable bonds is 5. The van der Waals surface area contributed by atoms with Gasteiger partial charge in [-0.15, -0.1) is 0 Å². The fraction of sp³-hybridized carbons (Fsp3) is 0.333. The van der Waals surface area contributed by atoms with Gasteiger partial charge in [0.25, 0.3) is 0 Å². The van der Waals surface area contributed by atoms with Crippen LogP contribution in [0, 0.1) is 0 Å². The molecular weight excluding hydrogens is 278 g/mol. The number of aryl methyl sites for hydroxylation is 1. The zero-order valence-corrected chi connectivity index (χ0v) is 12.3. The minimum absolute atomic E-state index is 0.687. The highest BCUT2D eigenvalue weighted by Gasteiger charge is 2.29. The quantitative estimate of drug-likeness (QED) is 0.778. The first-order chi connectivity index (χ1) is 10.8. The van der Waals surface area contributed by atoms with Crippen molar-refractivity contribution in [1.29, 1.82) is 0 Å². The van der Waals surface area contributed by atoms with Crippen LogP contribution in [0.1, 0.15) is 30.0 Å². The standard InChI is InChI=1S/C15H17N7/c1-21-15(11-2-3-11)12(7-19-21)6-17-14-5-4-13(8-18-14)22-10-16-9-20-22/h4-5,7-11H,2-3,6H2,1H3,(H,17,18). The lowest BCUT2D eigenvalue weighted by atomic mass is 10.2. The summed E-state index contributed by atoms with van der Waals surface area (Å²) in [6.45, 7) is 0.745. The predicted molar refractivity (Wildman–Crippen MR) is 81.7 cm³/mol. The van der Waals surface area contributed by atoms with E-state index in [-0.39, 0.29) is 0 Å². The van der Waals surface area contributed by atoms with Crippen molar-refractivity contribution in [1.82, 2.24) is 29.5 Å². The first-order valence-corrected chi connectivity index (χ1v) is 7.37. The van der Waals surface area contributed by atoms with Gasteiger partial charge in [-0.05, 0) is 25.0 Å². The summed E-state index contributed by atoms with van der Waals surface area (Å²) in [5.74, 6) is 1.53. The molecule has 0 spiro atoms. The van der Waals surface area contributed by atoms with Crippen molar-refractivity contribution in [2.24, 2.45) is 7.05 Å². The number of aromatic nitrogens is 6. The highest BCUT2D eigenvalue weighted by molar-refractivity contribution is 5.41. The van der Waals surface area contributed by atoms with Crippen LogP contribution in [0.2, 0.25) is 0 Å². The third kappa shape index (κ3) is 2.45. The van der Waals surface area contributed by atoms with Crippen LogP contribution in [-0.2, 0) is 13.6 Å². The average Bonchev–Trinajstić information content (AvgIpc) is 3.09. The summed E-state index contributed by atoms with van der Waals surface area (Å²) in [7, 11) is 2.02. The summed E-state index contributed by atoms with van der Waals surface area (Å²) in [6.07, 6.45) is 9.44. The molecule has 1 aliphatic rings. The van der Waals surface area contributed by atoms with Gasteiger partial charge in [0, 0.05) is 30.8 Å². The van der Waals surface area contributed by atoms with Crippen LogP contribution in [0.4, 0.5) is 5.82 Å². The Bertz CT molecular complexity index is 754. The van der Waals surface area contributed by atoms with Gasteiger partial charge < -0.3 is 5.32 Å². The van der Waals surface area contributed by atoms with Gasteiger partial charge in [0.2, 0.25) is 0 Å². The summed E-state index contributed by atoms with van der Waals surface area (Å²) in [5.41, 5.74) is 3.50. The fourth-order valence-electron chi connectivity index (χ4n) is 2.67. The molecule has 0 atom stereocenters. The number of hydrogen-bond acceptors (Lipinski definition) is 5. The van der Waals surface area contributed by atoms with Gasteiger partial charge >= 0.3 is 0 Å². The topological polar surface area (TPSA) is 73.5 Å². The van der Waals surface area contributed by atoms with Gasteiger partial charge in [-0.2, -0.15) is 10.2 Å². The van der Waals surface area contributed by atoms with Gasteiger partial charge in [0.05, 0.1) is 18.1 Å². The Morgan fingerprint density at radius 3 is 2.82 bits per heavy atom. The van der Waals surface area contributed by atoms with Crippen LogP contribution in [0.15, 0.2) is 37.2 Å². The SMILES string of the molecule is Cn1ncc(CNc2ccc(-n3cncn3)cn2)c1C1CC1. The van der Waals surface area contributed by atoms with E-state index in [1.807, 2.05) is 30.1 Å². The first-order valence-electron chi connectivity index (χ1n) is 7.37. The molecule has 0 radical (unpaired) electrons. The number of pyridine rings is 1. The maximum atomic E-state index is 4.42. The van der Waals surface area contributed by atoms with Gasteiger partial charge in [-0.1, -0.05) is 0 Å². The second-order valence-electron chi connectivity index (χ2n) is 5.55. The molecule has 0 saturated heterocycles. The fourth-order valence-corrected chi connectivity index (χ4v) is 2.67. The summed E-state index contributed by atoms with van der Waals surface area (Å²) in [6, 6.07) is 3.92. The molecule has 0 bridgehead atoms. The summed E-state index contributed by atoms with van der Waals surface area (Å²) in [5, 5.41) is 11.8. The molecule has 1 saturated carbocycles. The molecular formula is C15H17N7. The molecule has 7 nitrogen and oxygen atoms in total. The normalized spacial score (nSPS) is 14.2. The van der Waals surface area contributed by atoms with Gasteiger partial charge in [-0.25, -0.2) is 14.6 Å². The second-order valence-corrected chi connectivity index (χ2v) is 5.55. The second kappa shape index (κ2) is 5.25. The zero-order chi connectivity index (χ0) is 14.9. The summed E-state index contributed by atoms with van der Waals surface area (Å²) >= 11 is 0. The summed E-state index contributed by atoms with van der Waals surface area (Å²) < 4.78 is 3.68. The molecule has 0 aromatic carbocycles. The molecule has 3 aromatic rings. The molecule has 22 heavy (non-hydrogen) atoms. The monoisotopic (exact) mass is 295 g/mol. The summed E-state index contributed by atoms with van der Waals surface area (Å²) in [4.78, 5) is 8.35. The van der Waals surface area contributed by atoms with E-state index in [4.69, 9.17) is 0 Å². The van der Waals surface area contributed by atoms with Gasteiger partial charge in [0.15, 0.2) is 0 Å². The Labute approximate surface area is 128 Å². The van der Waals surface area contributed by atoms with E-state index >= 15 is 0 Å². The van der Waals surface area contributed by atoms with Crippen molar-refractivity contribution < 1.29 is 0 Å². The highest BCUT2D eigenvalue weighted by Crippen LogP contribution is 2.41. The third-order valence-corrected chi connectivity index (χ3v) is 3.92. The Morgan fingerprint density at radius 1 is 1.23 bits per heavy atom. The Morgan fingerprint density at radius 2 is 2.14 bits per heavy atom. The van der Waals surface area contributed by atoms with Crippen molar-refractivity contribution >= 4 is 5.82 Å². The number of hydrogen-bond donors (Lipinski definition) is 1. The van der Waals surface area contributed by atoms with Gasteiger partial charge in [0.1, 0.15) is 18.5 Å². The molecule has 3 aromatic heterocycles. The van der Waals surface area contributed by atoms with Crippen LogP contribution < -0.4 is 5.32 Å². The molecule has 0 amide bonds. The van der Waals surface area contributed by atoms with Crippen LogP contribution in [0.25, 0.3) is 5.69 Å². The third-order valence-electron chi connectivity index (χ3n) is 3.92. The molecule has 4 rings (SSSR count). The number of nitrogens with one attached hydrogen (secondary N) is 1. The van der Waals surface area contributed by atoms with E-state index in [1.54, 1.807) is 17.2 Å². The van der Waals surface area contributed by atoms with E-state index < -0.39 is 0 Å². The molecule has 1 fully saturated rings. The van der Waals surface area contributed by atoms with Crippen LogP contribution in [0.5, 0.6) is 0 Å². The van der Waals surface area contributed by atoms with Crippen molar-refractivity contribution in [3.63, 3.8) is 0 Å². The molecule has 1 aliphatic carbocycles. The van der Waals surface area contributed by atoms with Crippen LogP contribution >= 0.6 is 0 Å². The van der Waals surface area contributed by atoms with Crippen molar-refractivity contribution in [3.8, 4) is 5.69 Å². The smallest absolute Gasteiger partial charge is 0.138 e. The predicted octanol–water partition coefficient (Wildman–Crippen LogP) is 1.89. The van der Waals surface area contributed by atoms with Crippen LogP contribution in [0.3, 0.4) is 0 Å². The lowest BCUT2D eigenvalue weighted by molar-refractivity contribution is 0.710. The number of anilines is 1. The maximum absolute atomic E-state index is 4.42. The Hall–Kier alpha value is -2.70. The highest BCUT2D eigenvalue weighted by atomic mass is 15.3. The lowest BCUT2D eigenvalue weighted by Gasteiger charge is -2.08. The Kier molecular flexibility index (Phi) is 3.10. The maximum Gasteiger partial charge on any atom is 0.138 e. The van der Waals surface area contributed by atoms with E-state index in [2.05, 4.69) is 25.5 Å². The van der Waals surface area contributed by atoms with Crippen molar-refractivity contribution in [3.05, 3.63) is 48.4 Å². The largest absolute Gasteiger partial charge is 0.366 e. The van der Waals surface area contributed by atoms with E-state index in [0.717, 1.165) is 18.1 Å². The molecule has 0 unspecified atom stereocenters. The Balaban J connectivity index is 1.46. The average molecular weight is 295 g/mol. The van der Waals surface area contributed by atoms with Crippen LogP contribution in [-0.4, -0.2) is 29.5 Å². The molecule has 1 N–H and O–H groups in total. The molecule has 112 valence electrons. The number of nitrogens with zero attached hydrogens (tertiary/aromatic N) is 6. The van der Waals surface area contributed by atoms with E-state index in [0.29, 0.717) is 5.92 Å². The lowest BCUT2D eigenvalue weighted by Crippen LogP contribution is -2.05. The molecule has 7 heteroatoms. The minimum Gasteiger partial charge on any atom is -0.366 e. The van der Waals surface area contributed by atoms with Crippen molar-refractivity contribution in [2.45, 2.75) is 25.3 Å². The first kappa shape index (κ1) is 13.0. The van der Waals surface area contributed by atoms with Gasteiger partial charge in [-0.3, -0.25) is 4.68 Å². The molecule has 0 aliphatic heterocycles. The van der Waals surface area contributed by atoms with E-state index in [1.165, 1.54) is 30.4 Å².